The molecular weight excluding hydrogens is 368 g/mol. The van der Waals surface area contributed by atoms with E-state index in [4.69, 9.17) is 28.2 Å². The lowest BCUT2D eigenvalue weighted by Crippen LogP contribution is -2.15. The summed E-state index contributed by atoms with van der Waals surface area (Å²) in [5, 5.41) is 7.77. The number of benzene rings is 2. The van der Waals surface area contributed by atoms with Gasteiger partial charge in [0.05, 0.1) is 11.6 Å². The van der Waals surface area contributed by atoms with Crippen LogP contribution in [0.5, 0.6) is 0 Å². The lowest BCUT2D eigenvalue weighted by Gasteiger charge is -2.08. The van der Waals surface area contributed by atoms with Gasteiger partial charge >= 0.3 is 0 Å². The number of nitrogens with zero attached hydrogens (tertiary/aromatic N) is 2. The molecule has 130 valence electrons. The number of nitrogens with one attached hydrogen (secondary N) is 2. The Labute approximate surface area is 160 Å². The maximum atomic E-state index is 6.23. The first kappa shape index (κ1) is 16.6. The minimum Gasteiger partial charge on any atom is -0.459 e. The fourth-order valence-corrected chi connectivity index (χ4v) is 3.09. The molecule has 0 atom stereocenters. The smallest absolute Gasteiger partial charge is 0.214 e. The van der Waals surface area contributed by atoms with E-state index in [1.54, 1.807) is 4.68 Å². The lowest BCUT2D eigenvalue weighted by atomic mass is 10.2. The monoisotopic (exact) mass is 382 g/mol. The molecule has 2 heterocycles. The summed E-state index contributed by atoms with van der Waals surface area (Å²) in [5.41, 5.74) is 5.08. The van der Waals surface area contributed by atoms with E-state index in [1.165, 1.54) is 0 Å². The SMILES string of the molecule is S=c1[nH]nc(-c2ccccc2)n1NCc1ccc(-c2ccccc2Cl)o1. The van der Waals surface area contributed by atoms with Crippen molar-refractivity contribution in [2.24, 2.45) is 0 Å². The van der Waals surface area contributed by atoms with Crippen LogP contribution >= 0.6 is 23.8 Å². The van der Waals surface area contributed by atoms with Gasteiger partial charge in [-0.3, -0.25) is 0 Å². The molecule has 2 aromatic heterocycles. The molecule has 0 aliphatic rings. The summed E-state index contributed by atoms with van der Waals surface area (Å²) in [6.45, 7) is 0.456. The molecule has 7 heteroatoms. The molecule has 5 nitrogen and oxygen atoms in total. The van der Waals surface area contributed by atoms with Crippen LogP contribution in [0.4, 0.5) is 0 Å². The molecule has 0 amide bonds. The minimum atomic E-state index is 0.456. The van der Waals surface area contributed by atoms with Crippen LogP contribution in [0.15, 0.2) is 71.1 Å². The fourth-order valence-electron chi connectivity index (χ4n) is 2.66. The van der Waals surface area contributed by atoms with Crippen molar-refractivity contribution in [1.82, 2.24) is 14.9 Å². The Hall–Kier alpha value is -2.83. The van der Waals surface area contributed by atoms with Crippen LogP contribution in [-0.4, -0.2) is 14.9 Å². The Morgan fingerprint density at radius 1 is 1.04 bits per heavy atom. The van der Waals surface area contributed by atoms with Gasteiger partial charge in [0.25, 0.3) is 0 Å². The van der Waals surface area contributed by atoms with Crippen LogP contribution in [0.3, 0.4) is 0 Å². The van der Waals surface area contributed by atoms with Gasteiger partial charge in [-0.05, 0) is 36.5 Å². The average Bonchev–Trinajstić information content (AvgIpc) is 3.28. The van der Waals surface area contributed by atoms with Crippen LogP contribution in [0.25, 0.3) is 22.7 Å². The Morgan fingerprint density at radius 3 is 2.62 bits per heavy atom. The van der Waals surface area contributed by atoms with Crippen molar-refractivity contribution in [3.05, 3.63) is 82.3 Å². The predicted molar refractivity (Wildman–Crippen MR) is 105 cm³/mol. The number of aromatic nitrogens is 3. The van der Waals surface area contributed by atoms with E-state index in [0.29, 0.717) is 22.2 Å². The zero-order valence-corrected chi connectivity index (χ0v) is 15.2. The molecule has 26 heavy (non-hydrogen) atoms. The third kappa shape index (κ3) is 3.29. The third-order valence-corrected chi connectivity index (χ3v) is 4.52. The molecule has 0 fully saturated rings. The molecule has 0 saturated heterocycles. The summed E-state index contributed by atoms with van der Waals surface area (Å²) in [7, 11) is 0. The topological polar surface area (TPSA) is 58.8 Å². The number of halogens is 1. The van der Waals surface area contributed by atoms with Crippen LogP contribution in [-0.2, 0) is 6.54 Å². The standard InChI is InChI=1S/C19H15ClN4OS/c20-16-9-5-4-8-15(16)17-11-10-14(25-17)12-21-24-18(22-23-19(24)26)13-6-2-1-3-7-13/h1-11,21H,12H2,(H,23,26). The largest absolute Gasteiger partial charge is 0.459 e. The number of hydrogen-bond donors (Lipinski definition) is 2. The lowest BCUT2D eigenvalue weighted by molar-refractivity contribution is 0.523. The van der Waals surface area contributed by atoms with Crippen molar-refractivity contribution in [3.8, 4) is 22.7 Å². The average molecular weight is 383 g/mol. The Bertz CT molecular complexity index is 1080. The number of hydrogen-bond acceptors (Lipinski definition) is 4. The second-order valence-corrected chi connectivity index (χ2v) is 6.43. The van der Waals surface area contributed by atoms with Gasteiger partial charge in [0.15, 0.2) is 5.82 Å². The van der Waals surface area contributed by atoms with Crippen molar-refractivity contribution in [3.63, 3.8) is 0 Å². The highest BCUT2D eigenvalue weighted by atomic mass is 35.5. The highest BCUT2D eigenvalue weighted by Gasteiger charge is 2.11. The molecule has 0 radical (unpaired) electrons. The molecule has 0 spiro atoms. The van der Waals surface area contributed by atoms with Crippen LogP contribution in [0.2, 0.25) is 5.02 Å². The minimum absolute atomic E-state index is 0.456. The maximum Gasteiger partial charge on any atom is 0.214 e. The number of H-pyrrole nitrogens is 1. The zero-order valence-electron chi connectivity index (χ0n) is 13.6. The normalized spacial score (nSPS) is 10.8. The quantitative estimate of drug-likeness (QED) is 0.462. The summed E-state index contributed by atoms with van der Waals surface area (Å²) in [6.07, 6.45) is 0. The van der Waals surface area contributed by atoms with Crippen molar-refractivity contribution in [1.29, 1.82) is 0 Å². The molecule has 4 aromatic rings. The van der Waals surface area contributed by atoms with Crippen molar-refractivity contribution in [2.45, 2.75) is 6.54 Å². The first-order chi connectivity index (χ1) is 12.7. The van der Waals surface area contributed by atoms with Crippen LogP contribution < -0.4 is 5.43 Å². The van der Waals surface area contributed by atoms with Crippen molar-refractivity contribution in [2.75, 3.05) is 5.43 Å². The van der Waals surface area contributed by atoms with E-state index in [1.807, 2.05) is 66.7 Å². The van der Waals surface area contributed by atoms with Crippen molar-refractivity contribution >= 4 is 23.8 Å². The van der Waals surface area contributed by atoms with Gasteiger partial charge in [0, 0.05) is 11.1 Å². The summed E-state index contributed by atoms with van der Waals surface area (Å²) < 4.78 is 8.14. The molecule has 0 aliphatic heterocycles. The van der Waals surface area contributed by atoms with Crippen LogP contribution in [0, 0.1) is 4.77 Å². The van der Waals surface area contributed by atoms with E-state index < -0.39 is 0 Å². The molecule has 0 aliphatic carbocycles. The summed E-state index contributed by atoms with van der Waals surface area (Å²) >= 11 is 11.6. The highest BCUT2D eigenvalue weighted by molar-refractivity contribution is 7.71. The summed E-state index contributed by atoms with van der Waals surface area (Å²) in [4.78, 5) is 0. The second kappa shape index (κ2) is 7.19. The van der Waals surface area contributed by atoms with E-state index in [9.17, 15) is 0 Å². The number of furan rings is 1. The van der Waals surface area contributed by atoms with E-state index in [2.05, 4.69) is 15.6 Å². The first-order valence-electron chi connectivity index (χ1n) is 8.03. The van der Waals surface area contributed by atoms with Gasteiger partial charge < -0.3 is 9.84 Å². The van der Waals surface area contributed by atoms with E-state index in [-0.39, 0.29) is 0 Å². The summed E-state index contributed by atoms with van der Waals surface area (Å²) in [5.74, 6) is 2.21. The molecule has 0 bridgehead atoms. The van der Waals surface area contributed by atoms with Crippen molar-refractivity contribution < 1.29 is 4.42 Å². The molecule has 0 unspecified atom stereocenters. The second-order valence-electron chi connectivity index (χ2n) is 5.63. The Balaban J connectivity index is 1.55. The third-order valence-electron chi connectivity index (χ3n) is 3.92. The van der Waals surface area contributed by atoms with Gasteiger partial charge in [-0.25, -0.2) is 9.77 Å². The highest BCUT2D eigenvalue weighted by Crippen LogP contribution is 2.29. The molecular formula is C19H15ClN4OS. The number of rotatable bonds is 5. The molecule has 2 aromatic carbocycles. The van der Waals surface area contributed by atoms with Gasteiger partial charge in [-0.1, -0.05) is 54.1 Å². The predicted octanol–water partition coefficient (Wildman–Crippen LogP) is 5.26. The zero-order chi connectivity index (χ0) is 17.9. The molecule has 2 N–H and O–H groups in total. The van der Waals surface area contributed by atoms with Crippen LogP contribution in [0.1, 0.15) is 5.76 Å². The molecule has 4 rings (SSSR count). The number of aromatic amines is 1. The van der Waals surface area contributed by atoms with E-state index >= 15 is 0 Å². The fraction of sp³-hybridized carbons (Fsp3) is 0.0526. The molecule has 0 saturated carbocycles. The first-order valence-corrected chi connectivity index (χ1v) is 8.81. The van der Waals surface area contributed by atoms with Gasteiger partial charge in [-0.2, -0.15) is 5.10 Å². The maximum absolute atomic E-state index is 6.23. The van der Waals surface area contributed by atoms with Gasteiger partial charge in [0.1, 0.15) is 11.5 Å². The Morgan fingerprint density at radius 2 is 1.81 bits per heavy atom. The summed E-state index contributed by atoms with van der Waals surface area (Å²) in [6, 6.07) is 21.2. The Kier molecular flexibility index (Phi) is 4.60. The van der Waals surface area contributed by atoms with Gasteiger partial charge in [0.2, 0.25) is 4.77 Å². The van der Waals surface area contributed by atoms with E-state index in [0.717, 1.165) is 22.6 Å². The van der Waals surface area contributed by atoms with Gasteiger partial charge in [-0.15, -0.1) is 0 Å².